The normalized spacial score (nSPS) is 11.6. The predicted octanol–water partition coefficient (Wildman–Crippen LogP) is 3.97. The molecule has 8 heteroatoms. The van der Waals surface area contributed by atoms with E-state index in [1.165, 1.54) is 11.3 Å². The van der Waals surface area contributed by atoms with Crippen molar-refractivity contribution in [2.75, 3.05) is 11.3 Å². The van der Waals surface area contributed by atoms with Crippen molar-refractivity contribution in [1.29, 1.82) is 0 Å². The molecule has 114 valence electrons. The molecule has 0 bridgehead atoms. The molecule has 0 aliphatic heterocycles. The summed E-state index contributed by atoms with van der Waals surface area (Å²) in [5.41, 5.74) is 0.197. The first-order chi connectivity index (χ1) is 9.94. The summed E-state index contributed by atoms with van der Waals surface area (Å²) in [5, 5.41) is 3.67. The minimum Gasteiger partial charge on any atom is -0.312 e. The van der Waals surface area contributed by atoms with Crippen molar-refractivity contribution in [2.24, 2.45) is 0 Å². The van der Waals surface area contributed by atoms with E-state index in [0.717, 1.165) is 11.4 Å². The maximum atomic E-state index is 12.4. The Labute approximate surface area is 138 Å². The molecule has 4 nitrogen and oxygen atoms in total. The number of thiophene rings is 1. The maximum absolute atomic E-state index is 12.4. The van der Waals surface area contributed by atoms with Crippen LogP contribution in [0.15, 0.2) is 34.5 Å². The molecule has 0 amide bonds. The smallest absolute Gasteiger partial charge is 0.271 e. The molecular weight excluding hydrogens is 351 g/mol. The van der Waals surface area contributed by atoms with Gasteiger partial charge in [-0.15, -0.1) is 11.3 Å². The van der Waals surface area contributed by atoms with Crippen LogP contribution in [0.1, 0.15) is 11.8 Å². The van der Waals surface area contributed by atoms with Crippen LogP contribution in [0.5, 0.6) is 0 Å². The molecule has 0 atom stereocenters. The molecule has 0 aliphatic rings. The third-order valence-electron chi connectivity index (χ3n) is 2.65. The van der Waals surface area contributed by atoms with E-state index in [-0.39, 0.29) is 19.9 Å². The number of rotatable bonds is 6. The third kappa shape index (κ3) is 4.11. The van der Waals surface area contributed by atoms with E-state index in [4.69, 9.17) is 23.2 Å². The lowest BCUT2D eigenvalue weighted by atomic mass is 10.3. The monoisotopic (exact) mass is 364 g/mol. The zero-order chi connectivity index (χ0) is 15.5. The zero-order valence-electron chi connectivity index (χ0n) is 11.2. The molecule has 21 heavy (non-hydrogen) atoms. The first-order valence-corrected chi connectivity index (χ1v) is 9.26. The number of para-hydroxylation sites is 1. The van der Waals surface area contributed by atoms with Crippen molar-refractivity contribution in [1.82, 2.24) is 5.32 Å². The minimum absolute atomic E-state index is 0.197. The number of benzene rings is 1. The van der Waals surface area contributed by atoms with E-state index >= 15 is 0 Å². The lowest BCUT2D eigenvalue weighted by Crippen LogP contribution is -2.12. The van der Waals surface area contributed by atoms with Crippen molar-refractivity contribution in [3.8, 4) is 0 Å². The Hall–Kier alpha value is -0.790. The van der Waals surface area contributed by atoms with E-state index < -0.39 is 10.0 Å². The Kier molecular flexibility index (Phi) is 5.51. The lowest BCUT2D eigenvalue weighted by molar-refractivity contribution is 0.603. The number of hydrogen-bond acceptors (Lipinski definition) is 4. The standard InChI is InChI=1S/C13H14Cl2N2O2S2/c1-2-16-8-9-6-7-12(20-9)21(18,19)17-13-10(14)4-3-5-11(13)15/h3-7,16-17H,2,8H2,1H3. The van der Waals surface area contributed by atoms with Gasteiger partial charge in [0.1, 0.15) is 4.21 Å². The van der Waals surface area contributed by atoms with Crippen LogP contribution in [0.25, 0.3) is 0 Å². The number of nitrogens with one attached hydrogen (secondary N) is 2. The van der Waals surface area contributed by atoms with Crippen molar-refractivity contribution in [2.45, 2.75) is 17.7 Å². The topological polar surface area (TPSA) is 58.2 Å². The van der Waals surface area contributed by atoms with Crippen LogP contribution in [0.2, 0.25) is 10.0 Å². The largest absolute Gasteiger partial charge is 0.312 e. The van der Waals surface area contributed by atoms with Gasteiger partial charge >= 0.3 is 0 Å². The van der Waals surface area contributed by atoms with E-state index in [2.05, 4.69) is 10.0 Å². The second kappa shape index (κ2) is 6.98. The molecule has 0 fully saturated rings. The summed E-state index contributed by atoms with van der Waals surface area (Å²) in [6, 6.07) is 8.18. The van der Waals surface area contributed by atoms with Crippen LogP contribution in [-0.2, 0) is 16.6 Å². The molecule has 2 N–H and O–H groups in total. The van der Waals surface area contributed by atoms with Gasteiger partial charge in [-0.2, -0.15) is 0 Å². The van der Waals surface area contributed by atoms with Gasteiger partial charge in [-0.1, -0.05) is 36.2 Å². The summed E-state index contributed by atoms with van der Waals surface area (Å²) in [6.45, 7) is 3.46. The molecule has 0 saturated heterocycles. The Morgan fingerprint density at radius 1 is 1.14 bits per heavy atom. The Balaban J connectivity index is 2.24. The molecule has 1 heterocycles. The van der Waals surface area contributed by atoms with Crippen LogP contribution < -0.4 is 10.0 Å². The molecule has 2 aromatic rings. The number of sulfonamides is 1. The fourth-order valence-corrected chi connectivity index (χ4v) is 4.66. The number of halogens is 2. The number of anilines is 1. The summed E-state index contributed by atoms with van der Waals surface area (Å²) in [7, 11) is -3.69. The van der Waals surface area contributed by atoms with Crippen molar-refractivity contribution in [3.63, 3.8) is 0 Å². The SMILES string of the molecule is CCNCc1ccc(S(=O)(=O)Nc2c(Cl)cccc2Cl)s1. The fourth-order valence-electron chi connectivity index (χ4n) is 1.63. The van der Waals surface area contributed by atoms with Gasteiger partial charge in [0.05, 0.1) is 15.7 Å². The van der Waals surface area contributed by atoms with E-state index in [1.54, 1.807) is 30.3 Å². The minimum atomic E-state index is -3.69. The Morgan fingerprint density at radius 3 is 2.43 bits per heavy atom. The van der Waals surface area contributed by atoms with Gasteiger partial charge in [-0.3, -0.25) is 4.72 Å². The average Bonchev–Trinajstić information content (AvgIpc) is 2.90. The third-order valence-corrected chi connectivity index (χ3v) is 6.21. The molecule has 1 aromatic heterocycles. The Bertz CT molecular complexity index is 709. The van der Waals surface area contributed by atoms with Gasteiger partial charge < -0.3 is 5.32 Å². The second-order valence-corrected chi connectivity index (χ2v) is 8.10. The fraction of sp³-hybridized carbons (Fsp3) is 0.231. The zero-order valence-corrected chi connectivity index (χ0v) is 14.3. The van der Waals surface area contributed by atoms with Gasteiger partial charge in [-0.25, -0.2) is 8.42 Å². The highest BCUT2D eigenvalue weighted by atomic mass is 35.5. The highest BCUT2D eigenvalue weighted by Crippen LogP contribution is 2.33. The first-order valence-electron chi connectivity index (χ1n) is 6.20. The van der Waals surface area contributed by atoms with Crippen molar-refractivity contribution < 1.29 is 8.42 Å². The van der Waals surface area contributed by atoms with Gasteiger partial charge in [0.15, 0.2) is 0 Å². The van der Waals surface area contributed by atoms with Gasteiger partial charge in [0, 0.05) is 11.4 Å². The number of hydrogen-bond donors (Lipinski definition) is 2. The molecule has 2 rings (SSSR count). The molecule has 0 radical (unpaired) electrons. The van der Waals surface area contributed by atoms with E-state index in [9.17, 15) is 8.42 Å². The second-order valence-electron chi connectivity index (χ2n) is 4.20. The van der Waals surface area contributed by atoms with Crippen molar-refractivity contribution >= 4 is 50.2 Å². The maximum Gasteiger partial charge on any atom is 0.271 e. The summed E-state index contributed by atoms with van der Waals surface area (Å²) >= 11 is 13.2. The lowest BCUT2D eigenvalue weighted by Gasteiger charge is -2.09. The van der Waals surface area contributed by atoms with E-state index in [0.29, 0.717) is 6.54 Å². The summed E-state index contributed by atoms with van der Waals surface area (Å²) < 4.78 is 27.4. The van der Waals surface area contributed by atoms with Crippen LogP contribution in [0.3, 0.4) is 0 Å². The van der Waals surface area contributed by atoms with Crippen LogP contribution >= 0.6 is 34.5 Å². The van der Waals surface area contributed by atoms with Crippen LogP contribution in [0.4, 0.5) is 5.69 Å². The molecule has 1 aromatic carbocycles. The highest BCUT2D eigenvalue weighted by molar-refractivity contribution is 7.94. The van der Waals surface area contributed by atoms with Gasteiger partial charge in [-0.05, 0) is 30.8 Å². The Morgan fingerprint density at radius 2 is 1.81 bits per heavy atom. The molecule has 0 spiro atoms. The van der Waals surface area contributed by atoms with Gasteiger partial charge in [0.2, 0.25) is 0 Å². The molecular formula is C13H14Cl2N2O2S2. The van der Waals surface area contributed by atoms with E-state index in [1.807, 2.05) is 6.92 Å². The highest BCUT2D eigenvalue weighted by Gasteiger charge is 2.19. The first kappa shape index (κ1) is 16.6. The van der Waals surface area contributed by atoms with Crippen LogP contribution in [-0.4, -0.2) is 15.0 Å². The molecule has 0 aliphatic carbocycles. The van der Waals surface area contributed by atoms with Gasteiger partial charge in [0.25, 0.3) is 10.0 Å². The summed E-state index contributed by atoms with van der Waals surface area (Å²) in [5.74, 6) is 0. The van der Waals surface area contributed by atoms with Crippen molar-refractivity contribution in [3.05, 3.63) is 45.3 Å². The molecule has 0 unspecified atom stereocenters. The summed E-state index contributed by atoms with van der Waals surface area (Å²) in [6.07, 6.45) is 0. The van der Waals surface area contributed by atoms with Crippen LogP contribution in [0, 0.1) is 0 Å². The quantitative estimate of drug-likeness (QED) is 0.815. The predicted molar refractivity (Wildman–Crippen MR) is 89.0 cm³/mol. The average molecular weight is 365 g/mol. The summed E-state index contributed by atoms with van der Waals surface area (Å²) in [4.78, 5) is 0.947. The molecule has 0 saturated carbocycles.